The Kier molecular flexibility index (Phi) is 5.34. The highest BCUT2D eigenvalue weighted by Crippen LogP contribution is 2.10. The number of carbonyl (C=O) groups is 1. The number of hydrogen-bond acceptors (Lipinski definition) is 8. The molecule has 1 saturated heterocycles. The molecule has 1 fully saturated rings. The summed E-state index contributed by atoms with van der Waals surface area (Å²) in [4.78, 5) is 14.1. The molecule has 1 amide bonds. The first kappa shape index (κ1) is 16.3. The lowest BCUT2D eigenvalue weighted by Crippen LogP contribution is -2.47. The molecule has 0 unspecified atom stereocenters. The molecule has 3 heterocycles. The minimum Gasteiger partial charge on any atom is -0.374 e. The van der Waals surface area contributed by atoms with Crippen LogP contribution in [0.3, 0.4) is 0 Å². The summed E-state index contributed by atoms with van der Waals surface area (Å²) in [5.74, 6) is 0.942. The lowest BCUT2D eigenvalue weighted by atomic mass is 10.2. The summed E-state index contributed by atoms with van der Waals surface area (Å²) in [6.45, 7) is 4.65. The lowest BCUT2D eigenvalue weighted by Gasteiger charge is -2.32. The summed E-state index contributed by atoms with van der Waals surface area (Å²) in [6, 6.07) is 5.35. The number of hydrogen-bond donors (Lipinski definition) is 2. The maximum atomic E-state index is 12.1. The molecule has 0 aromatic carbocycles. The predicted octanol–water partition coefficient (Wildman–Crippen LogP) is 0.524. The van der Waals surface area contributed by atoms with Crippen molar-refractivity contribution >= 4 is 17.6 Å². The van der Waals surface area contributed by atoms with Gasteiger partial charge in [-0.1, -0.05) is 5.16 Å². The molecule has 1 atom stereocenters. The summed E-state index contributed by atoms with van der Waals surface area (Å²) in [6.07, 6.45) is 1.61. The molecule has 2 aromatic heterocycles. The van der Waals surface area contributed by atoms with Crippen LogP contribution in [0.1, 0.15) is 5.69 Å². The Balaban J connectivity index is 1.44. The van der Waals surface area contributed by atoms with Gasteiger partial charge in [-0.05, 0) is 19.1 Å². The van der Waals surface area contributed by atoms with Crippen LogP contribution in [-0.2, 0) is 9.53 Å². The van der Waals surface area contributed by atoms with Gasteiger partial charge in [-0.2, -0.15) is 5.10 Å². The third-order valence-electron chi connectivity index (χ3n) is 3.56. The Hall–Kier alpha value is -2.52. The molecule has 9 nitrogen and oxygen atoms in total. The highest BCUT2D eigenvalue weighted by Gasteiger charge is 2.22. The number of nitrogens with zero attached hydrogens (tertiary/aromatic N) is 4. The van der Waals surface area contributed by atoms with Crippen LogP contribution in [0.2, 0.25) is 0 Å². The van der Waals surface area contributed by atoms with Gasteiger partial charge in [-0.3, -0.25) is 15.0 Å². The minimum absolute atomic E-state index is 0.0129. The molecular formula is C15H20N6O3. The number of amides is 1. The van der Waals surface area contributed by atoms with Crippen LogP contribution in [0.5, 0.6) is 0 Å². The zero-order chi connectivity index (χ0) is 16.8. The fourth-order valence-corrected chi connectivity index (χ4v) is 2.46. The lowest BCUT2D eigenvalue weighted by molar-refractivity contribution is -0.119. The van der Waals surface area contributed by atoms with Gasteiger partial charge in [0.15, 0.2) is 0 Å². The number of nitrogens with one attached hydrogen (secondary N) is 2. The van der Waals surface area contributed by atoms with E-state index in [1.54, 1.807) is 19.2 Å². The van der Waals surface area contributed by atoms with Gasteiger partial charge in [0.2, 0.25) is 11.8 Å². The average molecular weight is 332 g/mol. The Morgan fingerprint density at radius 1 is 1.50 bits per heavy atom. The number of rotatable bonds is 6. The topological polar surface area (TPSA) is 105 Å². The monoisotopic (exact) mass is 332 g/mol. The molecule has 3 rings (SSSR count). The largest absolute Gasteiger partial charge is 0.374 e. The maximum absolute atomic E-state index is 12.1. The van der Waals surface area contributed by atoms with Crippen LogP contribution in [0.4, 0.5) is 11.7 Å². The van der Waals surface area contributed by atoms with Gasteiger partial charge < -0.3 is 14.6 Å². The molecule has 24 heavy (non-hydrogen) atoms. The van der Waals surface area contributed by atoms with Crippen molar-refractivity contribution in [3.05, 3.63) is 30.1 Å². The number of carbonyl (C=O) groups excluding carboxylic acids is 1. The van der Waals surface area contributed by atoms with Gasteiger partial charge in [0.05, 0.1) is 24.9 Å². The van der Waals surface area contributed by atoms with Crippen molar-refractivity contribution in [3.8, 4) is 0 Å². The van der Waals surface area contributed by atoms with Crippen molar-refractivity contribution < 1.29 is 14.1 Å². The van der Waals surface area contributed by atoms with Gasteiger partial charge in [-0.15, -0.1) is 5.10 Å². The zero-order valence-corrected chi connectivity index (χ0v) is 13.4. The van der Waals surface area contributed by atoms with Crippen molar-refractivity contribution in [2.24, 2.45) is 0 Å². The third-order valence-corrected chi connectivity index (χ3v) is 3.56. The van der Waals surface area contributed by atoms with Crippen LogP contribution in [0.25, 0.3) is 0 Å². The first-order chi connectivity index (χ1) is 11.7. The van der Waals surface area contributed by atoms with Gasteiger partial charge in [-0.25, -0.2) is 0 Å². The number of ether oxygens (including phenoxy) is 1. The van der Waals surface area contributed by atoms with Crippen molar-refractivity contribution in [2.75, 3.05) is 43.4 Å². The highest BCUT2D eigenvalue weighted by molar-refractivity contribution is 5.90. The van der Waals surface area contributed by atoms with Crippen molar-refractivity contribution in [1.29, 1.82) is 0 Å². The molecule has 2 aromatic rings. The van der Waals surface area contributed by atoms with E-state index in [0.717, 1.165) is 5.69 Å². The van der Waals surface area contributed by atoms with E-state index in [-0.39, 0.29) is 18.6 Å². The summed E-state index contributed by atoms with van der Waals surface area (Å²) in [5.41, 5.74) is 0.729. The maximum Gasteiger partial charge on any atom is 0.240 e. The van der Waals surface area contributed by atoms with E-state index in [1.807, 2.05) is 17.0 Å². The number of aryl methyl sites for hydroxylation is 1. The van der Waals surface area contributed by atoms with Gasteiger partial charge in [0, 0.05) is 31.9 Å². The van der Waals surface area contributed by atoms with Crippen LogP contribution in [0.15, 0.2) is 28.9 Å². The fraction of sp³-hybridized carbons (Fsp3) is 0.467. The van der Waals surface area contributed by atoms with E-state index in [1.165, 1.54) is 0 Å². The normalized spacial score (nSPS) is 18.3. The molecule has 0 saturated carbocycles. The van der Waals surface area contributed by atoms with E-state index < -0.39 is 0 Å². The predicted molar refractivity (Wildman–Crippen MR) is 86.6 cm³/mol. The molecule has 0 bridgehead atoms. The molecule has 1 aliphatic heterocycles. The summed E-state index contributed by atoms with van der Waals surface area (Å²) in [7, 11) is 0. The quantitative estimate of drug-likeness (QED) is 0.789. The first-order valence-electron chi connectivity index (χ1n) is 7.78. The standard InChI is InChI=1S/C15H20N6O3/c1-11-7-15(24-20-11)18-14(22)10-21-5-6-23-12(9-21)8-16-13-3-2-4-17-19-13/h2-4,7,12H,5-6,8-10H2,1H3,(H,16,19)(H,18,22)/t12-/m1/s1. The summed E-state index contributed by atoms with van der Waals surface area (Å²) >= 11 is 0. The minimum atomic E-state index is -0.131. The molecule has 0 aliphatic carbocycles. The zero-order valence-electron chi connectivity index (χ0n) is 13.4. The van der Waals surface area contributed by atoms with Crippen molar-refractivity contribution in [2.45, 2.75) is 13.0 Å². The van der Waals surface area contributed by atoms with Crippen molar-refractivity contribution in [1.82, 2.24) is 20.3 Å². The number of morpholine rings is 1. The van der Waals surface area contributed by atoms with E-state index in [2.05, 4.69) is 26.0 Å². The van der Waals surface area contributed by atoms with E-state index in [4.69, 9.17) is 9.26 Å². The highest BCUT2D eigenvalue weighted by atomic mass is 16.5. The Labute approximate surface area is 139 Å². The fourth-order valence-electron chi connectivity index (χ4n) is 2.46. The van der Waals surface area contributed by atoms with Gasteiger partial charge in [0.1, 0.15) is 5.82 Å². The van der Waals surface area contributed by atoms with Gasteiger partial charge >= 0.3 is 0 Å². The van der Waals surface area contributed by atoms with Crippen molar-refractivity contribution in [3.63, 3.8) is 0 Å². The average Bonchev–Trinajstić information content (AvgIpc) is 2.99. The molecule has 0 spiro atoms. The smallest absolute Gasteiger partial charge is 0.240 e. The Bertz CT molecular complexity index is 662. The van der Waals surface area contributed by atoms with E-state index in [0.29, 0.717) is 37.9 Å². The molecule has 0 radical (unpaired) electrons. The molecule has 9 heteroatoms. The van der Waals surface area contributed by atoms with E-state index >= 15 is 0 Å². The summed E-state index contributed by atoms with van der Waals surface area (Å²) in [5, 5.41) is 17.4. The summed E-state index contributed by atoms with van der Waals surface area (Å²) < 4.78 is 10.7. The van der Waals surface area contributed by atoms with E-state index in [9.17, 15) is 4.79 Å². The Morgan fingerprint density at radius 3 is 3.17 bits per heavy atom. The molecule has 1 aliphatic rings. The first-order valence-corrected chi connectivity index (χ1v) is 7.78. The SMILES string of the molecule is Cc1cc(NC(=O)CN2CCO[C@H](CNc3cccnn3)C2)on1. The van der Waals surface area contributed by atoms with Gasteiger partial charge in [0.25, 0.3) is 0 Å². The number of anilines is 2. The molecule has 2 N–H and O–H groups in total. The molecule has 128 valence electrons. The Morgan fingerprint density at radius 2 is 2.42 bits per heavy atom. The van der Waals surface area contributed by atoms with Crippen LogP contribution in [-0.4, -0.2) is 65.1 Å². The second-order valence-electron chi connectivity index (χ2n) is 5.60. The van der Waals surface area contributed by atoms with Crippen LogP contribution in [0, 0.1) is 6.92 Å². The second-order valence-corrected chi connectivity index (χ2v) is 5.60. The van der Waals surface area contributed by atoms with Crippen LogP contribution < -0.4 is 10.6 Å². The number of aromatic nitrogens is 3. The third kappa shape index (κ3) is 4.74. The second kappa shape index (κ2) is 7.84. The van der Waals surface area contributed by atoms with Crippen LogP contribution >= 0.6 is 0 Å². The molecular weight excluding hydrogens is 312 g/mol.